The number of carbonyl (C=O) groups excluding carboxylic acids is 2. The maximum Gasteiger partial charge on any atom is 0.253 e. The predicted molar refractivity (Wildman–Crippen MR) is 82.7 cm³/mol. The fraction of sp³-hybridized carbons (Fsp3) is 0.471. The predicted octanol–water partition coefficient (Wildman–Crippen LogP) is 2.22. The number of hydrogen-bond donors (Lipinski definition) is 0. The summed E-state index contributed by atoms with van der Waals surface area (Å²) in [5.41, 5.74) is 0.707. The quantitative estimate of drug-likeness (QED) is 0.852. The number of amides is 2. The molecule has 113 valence electrons. The van der Waals surface area contributed by atoms with Crippen molar-refractivity contribution in [3.63, 3.8) is 0 Å². The summed E-state index contributed by atoms with van der Waals surface area (Å²) >= 11 is 0. The molecule has 0 aliphatic carbocycles. The smallest absolute Gasteiger partial charge is 0.253 e. The van der Waals surface area contributed by atoms with Gasteiger partial charge in [-0.2, -0.15) is 0 Å². The third-order valence-electron chi connectivity index (χ3n) is 3.89. The lowest BCUT2D eigenvalue weighted by Crippen LogP contribution is -2.51. The molecule has 2 amide bonds. The Morgan fingerprint density at radius 1 is 1.10 bits per heavy atom. The lowest BCUT2D eigenvalue weighted by molar-refractivity contribution is -0.135. The van der Waals surface area contributed by atoms with Gasteiger partial charge in [-0.3, -0.25) is 9.59 Å². The molecule has 1 aliphatic heterocycles. The van der Waals surface area contributed by atoms with Gasteiger partial charge in [-0.15, -0.1) is 0 Å². The van der Waals surface area contributed by atoms with Gasteiger partial charge in [0.25, 0.3) is 5.91 Å². The first-order valence-corrected chi connectivity index (χ1v) is 7.59. The first-order chi connectivity index (χ1) is 10.1. The van der Waals surface area contributed by atoms with Gasteiger partial charge in [-0.1, -0.05) is 31.5 Å². The van der Waals surface area contributed by atoms with Crippen LogP contribution < -0.4 is 0 Å². The van der Waals surface area contributed by atoms with Crippen LogP contribution in [0.4, 0.5) is 0 Å². The van der Waals surface area contributed by atoms with Crippen LogP contribution in [0, 0.1) is 12.8 Å². The summed E-state index contributed by atoms with van der Waals surface area (Å²) < 4.78 is 0. The van der Waals surface area contributed by atoms with E-state index >= 15 is 0 Å². The van der Waals surface area contributed by atoms with E-state index in [9.17, 15) is 9.59 Å². The Morgan fingerprint density at radius 3 is 2.24 bits per heavy atom. The number of benzene rings is 1. The van der Waals surface area contributed by atoms with Gasteiger partial charge in [0, 0.05) is 37.7 Å². The van der Waals surface area contributed by atoms with Crippen molar-refractivity contribution in [2.45, 2.75) is 19.8 Å². The zero-order chi connectivity index (χ0) is 15.2. The van der Waals surface area contributed by atoms with E-state index in [0.29, 0.717) is 31.7 Å². The maximum absolute atomic E-state index is 12.3. The molecule has 21 heavy (non-hydrogen) atoms. The molecule has 4 nitrogen and oxygen atoms in total. The number of piperazine rings is 1. The number of hydrogen-bond acceptors (Lipinski definition) is 2. The summed E-state index contributed by atoms with van der Waals surface area (Å²) in [7, 11) is 0. The summed E-state index contributed by atoms with van der Waals surface area (Å²) in [6.07, 6.45) is 1.79. The van der Waals surface area contributed by atoms with Gasteiger partial charge in [0.2, 0.25) is 5.91 Å². The van der Waals surface area contributed by atoms with Crippen LogP contribution in [0.1, 0.15) is 30.1 Å². The molecule has 0 bridgehead atoms. The average molecular weight is 287 g/mol. The van der Waals surface area contributed by atoms with Crippen molar-refractivity contribution in [3.05, 3.63) is 42.8 Å². The second-order valence-electron chi connectivity index (χ2n) is 5.47. The SMILES string of the molecule is [CH2]C(CCC)C(=O)N1CCN(C(=O)c2ccccc2)CC1. The molecule has 1 saturated heterocycles. The van der Waals surface area contributed by atoms with Crippen molar-refractivity contribution in [1.29, 1.82) is 0 Å². The van der Waals surface area contributed by atoms with Crippen molar-refractivity contribution >= 4 is 11.8 Å². The van der Waals surface area contributed by atoms with E-state index in [0.717, 1.165) is 12.8 Å². The molecule has 1 aliphatic rings. The lowest BCUT2D eigenvalue weighted by Gasteiger charge is -2.36. The third-order valence-corrected chi connectivity index (χ3v) is 3.89. The highest BCUT2D eigenvalue weighted by atomic mass is 16.2. The van der Waals surface area contributed by atoms with Crippen LogP contribution in [0.15, 0.2) is 30.3 Å². The van der Waals surface area contributed by atoms with Crippen molar-refractivity contribution in [3.8, 4) is 0 Å². The Balaban J connectivity index is 1.89. The molecule has 1 aromatic carbocycles. The van der Waals surface area contributed by atoms with Gasteiger partial charge in [0.05, 0.1) is 0 Å². The van der Waals surface area contributed by atoms with E-state index < -0.39 is 0 Å². The Bertz CT molecular complexity index is 479. The van der Waals surface area contributed by atoms with E-state index in [1.165, 1.54) is 0 Å². The summed E-state index contributed by atoms with van der Waals surface area (Å²) in [5, 5.41) is 0. The molecule has 2 rings (SSSR count). The van der Waals surface area contributed by atoms with E-state index in [4.69, 9.17) is 0 Å². The van der Waals surface area contributed by atoms with E-state index in [2.05, 4.69) is 13.8 Å². The highest BCUT2D eigenvalue weighted by molar-refractivity contribution is 5.94. The van der Waals surface area contributed by atoms with Crippen molar-refractivity contribution in [2.75, 3.05) is 26.2 Å². The monoisotopic (exact) mass is 287 g/mol. The molecule has 1 unspecified atom stereocenters. The van der Waals surface area contributed by atoms with Crippen molar-refractivity contribution in [1.82, 2.24) is 9.80 Å². The van der Waals surface area contributed by atoms with Crippen molar-refractivity contribution < 1.29 is 9.59 Å². The first kappa shape index (κ1) is 15.5. The summed E-state index contributed by atoms with van der Waals surface area (Å²) in [4.78, 5) is 28.2. The van der Waals surface area contributed by atoms with Crippen molar-refractivity contribution in [2.24, 2.45) is 5.92 Å². The standard InChI is InChI=1S/C17H23N2O2/c1-3-7-14(2)16(20)18-10-12-19(13-11-18)17(21)15-8-5-4-6-9-15/h4-6,8-9,14H,2-3,7,10-13H2,1H3. The zero-order valence-corrected chi connectivity index (χ0v) is 12.6. The Morgan fingerprint density at radius 2 is 1.67 bits per heavy atom. The molecule has 1 aromatic rings. The van der Waals surface area contributed by atoms with Gasteiger partial charge < -0.3 is 9.80 Å². The molecule has 1 radical (unpaired) electrons. The molecular formula is C17H23N2O2. The molecule has 0 spiro atoms. The Labute approximate surface area is 126 Å². The zero-order valence-electron chi connectivity index (χ0n) is 12.6. The van der Waals surface area contributed by atoms with Gasteiger partial charge >= 0.3 is 0 Å². The van der Waals surface area contributed by atoms with Gasteiger partial charge in [0.15, 0.2) is 0 Å². The van der Waals surface area contributed by atoms with E-state index in [-0.39, 0.29) is 17.7 Å². The summed E-state index contributed by atoms with van der Waals surface area (Å²) in [6.45, 7) is 8.39. The molecule has 1 heterocycles. The van der Waals surface area contributed by atoms with Crippen LogP contribution in [0.5, 0.6) is 0 Å². The normalized spacial score (nSPS) is 16.7. The van der Waals surface area contributed by atoms with Crippen LogP contribution in [0.25, 0.3) is 0 Å². The highest BCUT2D eigenvalue weighted by Gasteiger charge is 2.26. The molecule has 1 atom stereocenters. The molecule has 0 saturated carbocycles. The second-order valence-corrected chi connectivity index (χ2v) is 5.47. The fourth-order valence-electron chi connectivity index (χ4n) is 2.62. The first-order valence-electron chi connectivity index (χ1n) is 7.59. The summed E-state index contributed by atoms with van der Waals surface area (Å²) in [5.74, 6) is -0.00235. The minimum absolute atomic E-state index is 0.0439. The Kier molecular flexibility index (Phi) is 5.37. The van der Waals surface area contributed by atoms with Gasteiger partial charge in [-0.25, -0.2) is 0 Å². The maximum atomic E-state index is 12.3. The van der Waals surface area contributed by atoms with Crippen LogP contribution in [0.3, 0.4) is 0 Å². The van der Waals surface area contributed by atoms with Gasteiger partial charge in [0.1, 0.15) is 0 Å². The molecule has 1 fully saturated rings. The molecule has 0 N–H and O–H groups in total. The van der Waals surface area contributed by atoms with E-state index in [1.807, 2.05) is 40.1 Å². The molecule has 0 aromatic heterocycles. The number of rotatable bonds is 4. The lowest BCUT2D eigenvalue weighted by atomic mass is 10.0. The highest BCUT2D eigenvalue weighted by Crippen LogP contribution is 2.13. The number of nitrogens with zero attached hydrogens (tertiary/aromatic N) is 2. The average Bonchev–Trinajstić information content (AvgIpc) is 2.54. The van der Waals surface area contributed by atoms with Crippen LogP contribution in [0.2, 0.25) is 0 Å². The molecular weight excluding hydrogens is 264 g/mol. The summed E-state index contributed by atoms with van der Waals surface area (Å²) in [6, 6.07) is 9.28. The third kappa shape index (κ3) is 3.84. The minimum Gasteiger partial charge on any atom is -0.339 e. The minimum atomic E-state index is -0.161. The van der Waals surface area contributed by atoms with Crippen LogP contribution in [-0.2, 0) is 4.79 Å². The van der Waals surface area contributed by atoms with E-state index in [1.54, 1.807) is 0 Å². The second kappa shape index (κ2) is 7.25. The Hall–Kier alpha value is -1.84. The topological polar surface area (TPSA) is 40.6 Å². The molecule has 4 heteroatoms. The number of carbonyl (C=O) groups is 2. The fourth-order valence-corrected chi connectivity index (χ4v) is 2.62. The van der Waals surface area contributed by atoms with Gasteiger partial charge in [-0.05, 0) is 25.5 Å². The van der Waals surface area contributed by atoms with Crippen LogP contribution in [-0.4, -0.2) is 47.8 Å². The largest absolute Gasteiger partial charge is 0.339 e. The van der Waals surface area contributed by atoms with Crippen LogP contribution >= 0.6 is 0 Å².